The third kappa shape index (κ3) is 3.51. The minimum absolute atomic E-state index is 0.0105. The summed E-state index contributed by atoms with van der Waals surface area (Å²) < 4.78 is 5.52. The number of fused-ring (bicyclic) bond motifs is 1. The molecule has 1 aromatic carbocycles. The number of furan rings is 1. The molecule has 0 aliphatic carbocycles. The topological polar surface area (TPSA) is 42.2 Å². The summed E-state index contributed by atoms with van der Waals surface area (Å²) in [5.41, 5.74) is 0.719. The van der Waals surface area contributed by atoms with Gasteiger partial charge in [0.05, 0.1) is 0 Å². The number of rotatable bonds is 5. The first-order chi connectivity index (χ1) is 9.02. The summed E-state index contributed by atoms with van der Waals surface area (Å²) in [7, 11) is 0. The second-order valence-electron chi connectivity index (χ2n) is 5.43. The summed E-state index contributed by atoms with van der Waals surface area (Å²) in [4.78, 5) is 12.0. The molecule has 4 heteroatoms. The molecule has 0 atom stereocenters. The van der Waals surface area contributed by atoms with Gasteiger partial charge in [0.25, 0.3) is 5.91 Å². The third-order valence-corrected chi connectivity index (χ3v) is 3.34. The fourth-order valence-electron chi connectivity index (χ4n) is 1.84. The number of benzene rings is 1. The van der Waals surface area contributed by atoms with Crippen LogP contribution in [-0.2, 0) is 0 Å². The van der Waals surface area contributed by atoms with Gasteiger partial charge in [0.15, 0.2) is 5.76 Å². The second kappa shape index (κ2) is 5.66. The van der Waals surface area contributed by atoms with E-state index >= 15 is 0 Å². The predicted octanol–water partition coefficient (Wildman–Crippen LogP) is 3.82. The van der Waals surface area contributed by atoms with Gasteiger partial charge >= 0.3 is 0 Å². The Hall–Kier alpha value is -1.48. The molecule has 0 radical (unpaired) electrons. The highest BCUT2D eigenvalue weighted by molar-refractivity contribution is 6.17. The Kier molecular flexibility index (Phi) is 4.15. The largest absolute Gasteiger partial charge is 0.451 e. The summed E-state index contributed by atoms with van der Waals surface area (Å²) in [6.07, 6.45) is 0.856. The lowest BCUT2D eigenvalue weighted by atomic mass is 9.90. The lowest BCUT2D eigenvalue weighted by molar-refractivity contribution is 0.0910. The summed E-state index contributed by atoms with van der Waals surface area (Å²) in [6.45, 7) is 4.73. The molecule has 2 rings (SSSR count). The van der Waals surface area contributed by atoms with Gasteiger partial charge in [0.2, 0.25) is 0 Å². The van der Waals surface area contributed by atoms with E-state index in [1.807, 2.05) is 24.3 Å². The van der Waals surface area contributed by atoms with Gasteiger partial charge in [-0.05, 0) is 24.0 Å². The highest BCUT2D eigenvalue weighted by Crippen LogP contribution is 2.21. The number of carbonyl (C=O) groups is 1. The molecule has 0 aliphatic rings. The van der Waals surface area contributed by atoms with Crippen molar-refractivity contribution in [1.82, 2.24) is 5.32 Å². The quantitative estimate of drug-likeness (QED) is 0.846. The summed E-state index contributed by atoms with van der Waals surface area (Å²) >= 11 is 5.74. The van der Waals surface area contributed by atoms with Crippen molar-refractivity contribution >= 4 is 28.5 Å². The van der Waals surface area contributed by atoms with Crippen molar-refractivity contribution in [2.45, 2.75) is 20.3 Å². The Labute approximate surface area is 117 Å². The Bertz CT molecular complexity index is 541. The molecule has 102 valence electrons. The van der Waals surface area contributed by atoms with E-state index in [2.05, 4.69) is 19.2 Å². The second-order valence-corrected chi connectivity index (χ2v) is 5.81. The zero-order valence-electron chi connectivity index (χ0n) is 11.2. The van der Waals surface area contributed by atoms with Crippen LogP contribution in [0.3, 0.4) is 0 Å². The standard InChI is InChI=1S/C15H18ClNO2/c1-15(2,7-8-16)10-17-14(18)13-9-11-5-3-4-6-12(11)19-13/h3-6,9H,7-8,10H2,1-2H3,(H,17,18). The van der Waals surface area contributed by atoms with Crippen LogP contribution in [0, 0.1) is 5.41 Å². The van der Waals surface area contributed by atoms with Crippen molar-refractivity contribution in [3.05, 3.63) is 36.1 Å². The van der Waals surface area contributed by atoms with Crippen LogP contribution in [0.25, 0.3) is 11.0 Å². The van der Waals surface area contributed by atoms with E-state index in [1.54, 1.807) is 6.07 Å². The molecule has 0 aliphatic heterocycles. The van der Waals surface area contributed by atoms with E-state index in [9.17, 15) is 4.79 Å². The van der Waals surface area contributed by atoms with Gasteiger partial charge in [-0.2, -0.15) is 0 Å². The monoisotopic (exact) mass is 279 g/mol. The Morgan fingerprint density at radius 2 is 2.11 bits per heavy atom. The van der Waals surface area contributed by atoms with Crippen molar-refractivity contribution in [3.8, 4) is 0 Å². The molecule has 3 nitrogen and oxygen atoms in total. The molecule has 1 aromatic heterocycles. The molecular formula is C15H18ClNO2. The molecular weight excluding hydrogens is 262 g/mol. The number of alkyl halides is 1. The SMILES string of the molecule is CC(C)(CCCl)CNC(=O)c1cc2ccccc2o1. The van der Waals surface area contributed by atoms with Gasteiger partial charge in [-0.3, -0.25) is 4.79 Å². The first-order valence-corrected chi connectivity index (χ1v) is 6.88. The van der Waals surface area contributed by atoms with Crippen molar-refractivity contribution < 1.29 is 9.21 Å². The van der Waals surface area contributed by atoms with Crippen LogP contribution < -0.4 is 5.32 Å². The molecule has 0 unspecified atom stereocenters. The number of hydrogen-bond donors (Lipinski definition) is 1. The van der Waals surface area contributed by atoms with Gasteiger partial charge in [-0.1, -0.05) is 32.0 Å². The predicted molar refractivity (Wildman–Crippen MR) is 77.7 cm³/mol. The summed E-state index contributed by atoms with van der Waals surface area (Å²) in [6, 6.07) is 9.34. The van der Waals surface area contributed by atoms with Crippen LogP contribution >= 0.6 is 11.6 Å². The molecule has 0 fully saturated rings. The van der Waals surface area contributed by atoms with Crippen LogP contribution in [0.4, 0.5) is 0 Å². The molecule has 0 saturated heterocycles. The van der Waals surface area contributed by atoms with E-state index in [1.165, 1.54) is 0 Å². The van der Waals surface area contributed by atoms with Crippen LogP contribution in [0.5, 0.6) is 0 Å². The van der Waals surface area contributed by atoms with Gasteiger partial charge in [0.1, 0.15) is 5.58 Å². The Balaban J connectivity index is 2.04. The zero-order valence-corrected chi connectivity index (χ0v) is 12.0. The highest BCUT2D eigenvalue weighted by Gasteiger charge is 2.19. The minimum Gasteiger partial charge on any atom is -0.451 e. The van der Waals surface area contributed by atoms with Crippen molar-refractivity contribution in [3.63, 3.8) is 0 Å². The van der Waals surface area contributed by atoms with Crippen LogP contribution in [-0.4, -0.2) is 18.3 Å². The molecule has 0 saturated carbocycles. The molecule has 1 heterocycles. The van der Waals surface area contributed by atoms with Gasteiger partial charge in [0, 0.05) is 17.8 Å². The number of hydrogen-bond acceptors (Lipinski definition) is 2. The van der Waals surface area contributed by atoms with E-state index < -0.39 is 0 Å². The number of carbonyl (C=O) groups excluding carboxylic acids is 1. The number of para-hydroxylation sites is 1. The first kappa shape index (κ1) is 13.9. The van der Waals surface area contributed by atoms with Crippen LogP contribution in [0.15, 0.2) is 34.7 Å². The van der Waals surface area contributed by atoms with E-state index in [-0.39, 0.29) is 11.3 Å². The third-order valence-electron chi connectivity index (χ3n) is 3.15. The molecule has 0 spiro atoms. The Morgan fingerprint density at radius 3 is 2.79 bits per heavy atom. The lowest BCUT2D eigenvalue weighted by Gasteiger charge is -2.23. The molecule has 1 amide bonds. The lowest BCUT2D eigenvalue weighted by Crippen LogP contribution is -2.34. The van der Waals surface area contributed by atoms with Crippen molar-refractivity contribution in [2.75, 3.05) is 12.4 Å². The molecule has 19 heavy (non-hydrogen) atoms. The van der Waals surface area contributed by atoms with Crippen molar-refractivity contribution in [2.24, 2.45) is 5.41 Å². The average Bonchev–Trinajstić information content (AvgIpc) is 2.79. The minimum atomic E-state index is -0.182. The first-order valence-electron chi connectivity index (χ1n) is 6.34. The maximum absolute atomic E-state index is 12.0. The zero-order chi connectivity index (χ0) is 13.9. The average molecular weight is 280 g/mol. The van der Waals surface area contributed by atoms with E-state index in [0.29, 0.717) is 18.2 Å². The fourth-order valence-corrected chi connectivity index (χ4v) is 2.36. The molecule has 2 aromatic rings. The fraction of sp³-hybridized carbons (Fsp3) is 0.400. The van der Waals surface area contributed by atoms with Crippen LogP contribution in [0.2, 0.25) is 0 Å². The summed E-state index contributed by atoms with van der Waals surface area (Å²) in [5.74, 6) is 0.759. The van der Waals surface area contributed by atoms with E-state index in [0.717, 1.165) is 17.4 Å². The Morgan fingerprint density at radius 1 is 1.37 bits per heavy atom. The summed E-state index contributed by atoms with van der Waals surface area (Å²) in [5, 5.41) is 3.83. The highest BCUT2D eigenvalue weighted by atomic mass is 35.5. The number of nitrogens with one attached hydrogen (secondary N) is 1. The van der Waals surface area contributed by atoms with Gasteiger partial charge < -0.3 is 9.73 Å². The van der Waals surface area contributed by atoms with E-state index in [4.69, 9.17) is 16.0 Å². The smallest absolute Gasteiger partial charge is 0.287 e. The maximum Gasteiger partial charge on any atom is 0.287 e. The van der Waals surface area contributed by atoms with Crippen molar-refractivity contribution in [1.29, 1.82) is 0 Å². The van der Waals surface area contributed by atoms with Crippen LogP contribution in [0.1, 0.15) is 30.8 Å². The number of halogens is 1. The maximum atomic E-state index is 12.0. The van der Waals surface area contributed by atoms with Gasteiger partial charge in [-0.25, -0.2) is 0 Å². The van der Waals surface area contributed by atoms with Gasteiger partial charge in [-0.15, -0.1) is 11.6 Å². The molecule has 0 bridgehead atoms. The normalized spacial score (nSPS) is 11.7. The number of amides is 1. The molecule has 1 N–H and O–H groups in total.